The maximum atomic E-state index is 12.1. The molecular weight excluding hydrogens is 298 g/mol. The molecule has 0 fully saturated rings. The molecule has 1 aromatic carbocycles. The number of halogens is 1. The largest absolute Gasteiger partial charge is 0.465 e. The number of amides is 1. The highest BCUT2D eigenvalue weighted by Crippen LogP contribution is 2.22. The minimum Gasteiger partial charge on any atom is -0.465 e. The Bertz CT molecular complexity index is 460. The minimum absolute atomic E-state index is 0.0486. The first-order valence-electron chi connectivity index (χ1n) is 5.63. The number of hydrogen-bond acceptors (Lipinski definition) is 3. The Balaban J connectivity index is 2.81. The SMILES string of the molecule is CCOC(=O)CN(C)C(=O)c1cccc(C)c1Br. The van der Waals surface area contributed by atoms with Crippen molar-refractivity contribution in [1.82, 2.24) is 4.90 Å². The van der Waals surface area contributed by atoms with Crippen molar-refractivity contribution >= 4 is 27.8 Å². The summed E-state index contributed by atoms with van der Waals surface area (Å²) in [5.41, 5.74) is 1.52. The van der Waals surface area contributed by atoms with E-state index in [9.17, 15) is 9.59 Å². The van der Waals surface area contributed by atoms with Gasteiger partial charge in [-0.05, 0) is 41.4 Å². The van der Waals surface area contributed by atoms with Crippen molar-refractivity contribution in [3.8, 4) is 0 Å². The topological polar surface area (TPSA) is 46.6 Å². The fraction of sp³-hybridized carbons (Fsp3) is 0.385. The van der Waals surface area contributed by atoms with E-state index in [1.807, 2.05) is 19.1 Å². The second kappa shape index (κ2) is 6.54. The molecule has 0 heterocycles. The summed E-state index contributed by atoms with van der Waals surface area (Å²) in [6.07, 6.45) is 0. The summed E-state index contributed by atoms with van der Waals surface area (Å²) >= 11 is 3.38. The van der Waals surface area contributed by atoms with Crippen molar-refractivity contribution in [2.75, 3.05) is 20.2 Å². The molecule has 1 rings (SSSR count). The summed E-state index contributed by atoms with van der Waals surface area (Å²) in [6, 6.07) is 5.44. The smallest absolute Gasteiger partial charge is 0.325 e. The van der Waals surface area contributed by atoms with Crippen molar-refractivity contribution in [2.24, 2.45) is 0 Å². The van der Waals surface area contributed by atoms with Crippen molar-refractivity contribution < 1.29 is 14.3 Å². The Hall–Kier alpha value is -1.36. The van der Waals surface area contributed by atoms with Crippen LogP contribution < -0.4 is 0 Å². The molecule has 1 aromatic rings. The third kappa shape index (κ3) is 3.57. The Labute approximate surface area is 115 Å². The number of aryl methyl sites for hydroxylation is 1. The van der Waals surface area contributed by atoms with Gasteiger partial charge in [-0.15, -0.1) is 0 Å². The maximum absolute atomic E-state index is 12.1. The van der Waals surface area contributed by atoms with Gasteiger partial charge in [-0.25, -0.2) is 0 Å². The molecule has 5 heteroatoms. The molecule has 4 nitrogen and oxygen atoms in total. The highest BCUT2D eigenvalue weighted by atomic mass is 79.9. The summed E-state index contributed by atoms with van der Waals surface area (Å²) in [7, 11) is 1.58. The van der Waals surface area contributed by atoms with Crippen molar-refractivity contribution in [3.05, 3.63) is 33.8 Å². The predicted molar refractivity (Wildman–Crippen MR) is 72.5 cm³/mol. The van der Waals surface area contributed by atoms with E-state index in [0.717, 1.165) is 10.0 Å². The Morgan fingerprint density at radius 2 is 2.06 bits per heavy atom. The average molecular weight is 314 g/mol. The predicted octanol–water partition coefficient (Wildman–Crippen LogP) is 2.39. The number of likely N-dealkylation sites (N-methyl/N-ethyl adjacent to an activating group) is 1. The quantitative estimate of drug-likeness (QED) is 0.802. The van der Waals surface area contributed by atoms with Crippen molar-refractivity contribution in [2.45, 2.75) is 13.8 Å². The van der Waals surface area contributed by atoms with Crippen LogP contribution in [0, 0.1) is 6.92 Å². The molecule has 0 aliphatic carbocycles. The molecule has 0 atom stereocenters. The van der Waals surface area contributed by atoms with E-state index >= 15 is 0 Å². The van der Waals surface area contributed by atoms with E-state index in [4.69, 9.17) is 4.74 Å². The number of benzene rings is 1. The van der Waals surface area contributed by atoms with E-state index < -0.39 is 5.97 Å². The lowest BCUT2D eigenvalue weighted by molar-refractivity contribution is -0.143. The van der Waals surface area contributed by atoms with Crippen LogP contribution in [0.5, 0.6) is 0 Å². The van der Waals surface area contributed by atoms with Gasteiger partial charge in [0.05, 0.1) is 12.2 Å². The molecule has 98 valence electrons. The number of rotatable bonds is 4. The monoisotopic (exact) mass is 313 g/mol. The average Bonchev–Trinajstić information content (AvgIpc) is 2.32. The lowest BCUT2D eigenvalue weighted by Gasteiger charge is -2.17. The fourth-order valence-electron chi connectivity index (χ4n) is 1.49. The van der Waals surface area contributed by atoms with Gasteiger partial charge >= 0.3 is 5.97 Å². The standard InChI is InChI=1S/C13H16BrNO3/c1-4-18-11(16)8-15(3)13(17)10-7-5-6-9(2)12(10)14/h5-7H,4,8H2,1-3H3. The minimum atomic E-state index is -0.405. The first-order chi connectivity index (χ1) is 8.47. The van der Waals surface area contributed by atoms with Gasteiger partial charge < -0.3 is 9.64 Å². The van der Waals surface area contributed by atoms with Crippen LogP contribution in [-0.4, -0.2) is 37.0 Å². The Morgan fingerprint density at radius 3 is 2.67 bits per heavy atom. The lowest BCUT2D eigenvalue weighted by Crippen LogP contribution is -2.33. The summed E-state index contributed by atoms with van der Waals surface area (Å²) in [4.78, 5) is 24.8. The molecule has 0 spiro atoms. The third-order valence-corrected chi connectivity index (χ3v) is 3.49. The molecule has 0 N–H and O–H groups in total. The fourth-order valence-corrected chi connectivity index (χ4v) is 1.92. The highest BCUT2D eigenvalue weighted by molar-refractivity contribution is 9.10. The number of nitrogens with zero attached hydrogens (tertiary/aromatic N) is 1. The van der Waals surface area contributed by atoms with Gasteiger partial charge in [-0.2, -0.15) is 0 Å². The number of ether oxygens (including phenoxy) is 1. The number of carbonyl (C=O) groups is 2. The van der Waals surface area contributed by atoms with Crippen molar-refractivity contribution in [1.29, 1.82) is 0 Å². The van der Waals surface area contributed by atoms with Crippen LogP contribution in [0.3, 0.4) is 0 Å². The van der Waals surface area contributed by atoms with Crippen LogP contribution >= 0.6 is 15.9 Å². The number of hydrogen-bond donors (Lipinski definition) is 0. The van der Waals surface area contributed by atoms with Gasteiger partial charge in [0.2, 0.25) is 0 Å². The second-order valence-corrected chi connectivity index (χ2v) is 4.70. The van der Waals surface area contributed by atoms with Crippen LogP contribution in [0.4, 0.5) is 0 Å². The van der Waals surface area contributed by atoms with Crippen molar-refractivity contribution in [3.63, 3.8) is 0 Å². The molecule has 0 aromatic heterocycles. The van der Waals surface area contributed by atoms with Gasteiger partial charge in [-0.3, -0.25) is 9.59 Å². The van der Waals surface area contributed by atoms with Crippen LogP contribution in [0.25, 0.3) is 0 Å². The van der Waals surface area contributed by atoms with E-state index in [-0.39, 0.29) is 12.5 Å². The van der Waals surface area contributed by atoms with E-state index in [1.54, 1.807) is 20.0 Å². The van der Waals surface area contributed by atoms with E-state index in [0.29, 0.717) is 12.2 Å². The van der Waals surface area contributed by atoms with Crippen LogP contribution in [0.15, 0.2) is 22.7 Å². The maximum Gasteiger partial charge on any atom is 0.325 e. The summed E-state index contributed by atoms with van der Waals surface area (Å²) in [5, 5.41) is 0. The molecule has 0 unspecified atom stereocenters. The molecule has 0 saturated heterocycles. The summed E-state index contributed by atoms with van der Waals surface area (Å²) in [5.74, 6) is -0.615. The molecule has 0 aliphatic heterocycles. The van der Waals surface area contributed by atoms with Gasteiger partial charge in [-0.1, -0.05) is 12.1 Å². The first-order valence-corrected chi connectivity index (χ1v) is 6.42. The third-order valence-electron chi connectivity index (χ3n) is 2.44. The Kier molecular flexibility index (Phi) is 5.34. The lowest BCUT2D eigenvalue weighted by atomic mass is 10.1. The normalized spacial score (nSPS) is 10.0. The molecule has 18 heavy (non-hydrogen) atoms. The highest BCUT2D eigenvalue weighted by Gasteiger charge is 2.18. The zero-order valence-electron chi connectivity index (χ0n) is 10.7. The van der Waals surface area contributed by atoms with Gasteiger partial charge in [0.25, 0.3) is 5.91 Å². The summed E-state index contributed by atoms with van der Waals surface area (Å²) < 4.78 is 5.56. The molecule has 0 bridgehead atoms. The van der Waals surface area contributed by atoms with Gasteiger partial charge in [0.15, 0.2) is 0 Å². The first kappa shape index (κ1) is 14.7. The van der Waals surface area contributed by atoms with E-state index in [2.05, 4.69) is 15.9 Å². The zero-order chi connectivity index (χ0) is 13.7. The molecule has 1 amide bonds. The number of esters is 1. The van der Waals surface area contributed by atoms with Gasteiger partial charge in [0, 0.05) is 11.5 Å². The van der Waals surface area contributed by atoms with Crippen LogP contribution in [0.1, 0.15) is 22.8 Å². The molecule has 0 radical (unpaired) electrons. The molecule has 0 aliphatic rings. The summed E-state index contributed by atoms with van der Waals surface area (Å²) in [6.45, 7) is 3.91. The zero-order valence-corrected chi connectivity index (χ0v) is 12.3. The molecular formula is C13H16BrNO3. The Morgan fingerprint density at radius 1 is 1.39 bits per heavy atom. The van der Waals surface area contributed by atoms with Crippen LogP contribution in [-0.2, 0) is 9.53 Å². The molecule has 0 saturated carbocycles. The van der Waals surface area contributed by atoms with Gasteiger partial charge in [0.1, 0.15) is 6.54 Å². The number of carbonyl (C=O) groups excluding carboxylic acids is 2. The second-order valence-electron chi connectivity index (χ2n) is 3.90. The van der Waals surface area contributed by atoms with E-state index in [1.165, 1.54) is 4.90 Å². The van der Waals surface area contributed by atoms with Crippen LogP contribution in [0.2, 0.25) is 0 Å².